The maximum atomic E-state index is 13.2. The quantitative estimate of drug-likeness (QED) is 0.634. The number of nitrogens with zero attached hydrogens (tertiary/aromatic N) is 1. The SMILES string of the molecule is C=CC(C)c1cc(C#N)ccc1F. The molecule has 0 aliphatic rings. The van der Waals surface area contributed by atoms with Gasteiger partial charge in [-0.15, -0.1) is 6.58 Å². The van der Waals surface area contributed by atoms with Crippen molar-refractivity contribution in [2.75, 3.05) is 0 Å². The topological polar surface area (TPSA) is 23.8 Å². The molecule has 0 saturated carbocycles. The second-order valence-corrected chi connectivity index (χ2v) is 2.87. The van der Waals surface area contributed by atoms with Gasteiger partial charge in [0.25, 0.3) is 0 Å². The van der Waals surface area contributed by atoms with Gasteiger partial charge in [0.05, 0.1) is 11.6 Å². The zero-order valence-electron chi connectivity index (χ0n) is 7.42. The molecule has 1 rings (SSSR count). The lowest BCUT2D eigenvalue weighted by molar-refractivity contribution is 0.605. The summed E-state index contributed by atoms with van der Waals surface area (Å²) in [4.78, 5) is 0. The Kier molecular flexibility index (Phi) is 2.81. The van der Waals surface area contributed by atoms with Crippen molar-refractivity contribution in [3.63, 3.8) is 0 Å². The molecule has 1 aromatic carbocycles. The van der Waals surface area contributed by atoms with Crippen LogP contribution < -0.4 is 0 Å². The van der Waals surface area contributed by atoms with Gasteiger partial charge in [0, 0.05) is 5.92 Å². The number of nitriles is 1. The highest BCUT2D eigenvalue weighted by Crippen LogP contribution is 2.20. The Morgan fingerprint density at radius 1 is 1.62 bits per heavy atom. The molecule has 0 aliphatic heterocycles. The Bertz CT molecular complexity index is 363. The van der Waals surface area contributed by atoms with Crippen LogP contribution in [0.1, 0.15) is 24.0 Å². The Hall–Kier alpha value is -1.62. The minimum Gasteiger partial charge on any atom is -0.207 e. The summed E-state index contributed by atoms with van der Waals surface area (Å²) in [5, 5.41) is 8.61. The summed E-state index contributed by atoms with van der Waals surface area (Å²) in [6.07, 6.45) is 1.65. The fourth-order valence-corrected chi connectivity index (χ4v) is 1.09. The summed E-state index contributed by atoms with van der Waals surface area (Å²) >= 11 is 0. The fourth-order valence-electron chi connectivity index (χ4n) is 1.09. The van der Waals surface area contributed by atoms with Crippen LogP contribution >= 0.6 is 0 Å². The predicted molar refractivity (Wildman–Crippen MR) is 49.7 cm³/mol. The van der Waals surface area contributed by atoms with Crippen LogP contribution in [0, 0.1) is 17.1 Å². The molecule has 1 atom stereocenters. The first-order valence-electron chi connectivity index (χ1n) is 4.01. The van der Waals surface area contributed by atoms with Gasteiger partial charge >= 0.3 is 0 Å². The summed E-state index contributed by atoms with van der Waals surface area (Å²) in [6, 6.07) is 6.31. The van der Waals surface area contributed by atoms with E-state index in [1.54, 1.807) is 12.1 Å². The van der Waals surface area contributed by atoms with E-state index in [1.807, 2.05) is 13.0 Å². The summed E-state index contributed by atoms with van der Waals surface area (Å²) in [7, 11) is 0. The van der Waals surface area contributed by atoms with Crippen molar-refractivity contribution in [1.29, 1.82) is 5.26 Å². The van der Waals surface area contributed by atoms with Crippen molar-refractivity contribution in [2.24, 2.45) is 0 Å². The summed E-state index contributed by atoms with van der Waals surface area (Å²) in [5.74, 6) is -0.348. The van der Waals surface area contributed by atoms with E-state index in [0.717, 1.165) is 0 Å². The van der Waals surface area contributed by atoms with Crippen LogP contribution in [0.2, 0.25) is 0 Å². The van der Waals surface area contributed by atoms with Crippen molar-refractivity contribution in [3.05, 3.63) is 47.8 Å². The first-order valence-corrected chi connectivity index (χ1v) is 4.01. The smallest absolute Gasteiger partial charge is 0.127 e. The van der Waals surface area contributed by atoms with Crippen LogP contribution in [0.3, 0.4) is 0 Å². The predicted octanol–water partition coefficient (Wildman–Crippen LogP) is 2.99. The van der Waals surface area contributed by atoms with Gasteiger partial charge in [-0.3, -0.25) is 0 Å². The highest BCUT2D eigenvalue weighted by atomic mass is 19.1. The molecule has 0 amide bonds. The number of halogens is 1. The first-order chi connectivity index (χ1) is 6.19. The van der Waals surface area contributed by atoms with Crippen LogP contribution in [-0.4, -0.2) is 0 Å². The molecule has 0 saturated heterocycles. The van der Waals surface area contributed by atoms with Crippen LogP contribution in [0.15, 0.2) is 30.9 Å². The number of benzene rings is 1. The van der Waals surface area contributed by atoms with E-state index in [-0.39, 0.29) is 11.7 Å². The van der Waals surface area contributed by atoms with Gasteiger partial charge < -0.3 is 0 Å². The molecule has 0 heterocycles. The lowest BCUT2D eigenvalue weighted by Gasteiger charge is -2.07. The van der Waals surface area contributed by atoms with Gasteiger partial charge in [0.2, 0.25) is 0 Å². The van der Waals surface area contributed by atoms with E-state index >= 15 is 0 Å². The Labute approximate surface area is 77.1 Å². The molecule has 0 spiro atoms. The highest BCUT2D eigenvalue weighted by Gasteiger charge is 2.08. The van der Waals surface area contributed by atoms with Crippen LogP contribution in [0.4, 0.5) is 4.39 Å². The molecule has 0 aliphatic carbocycles. The average molecular weight is 175 g/mol. The fraction of sp³-hybridized carbons (Fsp3) is 0.182. The van der Waals surface area contributed by atoms with Gasteiger partial charge in [-0.25, -0.2) is 4.39 Å². The number of hydrogen-bond acceptors (Lipinski definition) is 1. The van der Waals surface area contributed by atoms with Crippen LogP contribution in [-0.2, 0) is 0 Å². The summed E-state index contributed by atoms with van der Waals surface area (Å²) in [5.41, 5.74) is 0.999. The maximum Gasteiger partial charge on any atom is 0.127 e. The van der Waals surface area contributed by atoms with E-state index in [2.05, 4.69) is 6.58 Å². The molecule has 0 bridgehead atoms. The Morgan fingerprint density at radius 2 is 2.31 bits per heavy atom. The standard InChI is InChI=1S/C11H10FN/c1-3-8(2)10-6-9(7-13)4-5-11(10)12/h3-6,8H,1H2,2H3. The second kappa shape index (κ2) is 3.86. The third kappa shape index (κ3) is 1.94. The second-order valence-electron chi connectivity index (χ2n) is 2.87. The molecule has 0 radical (unpaired) electrons. The Morgan fingerprint density at radius 3 is 2.85 bits per heavy atom. The lowest BCUT2D eigenvalue weighted by atomic mass is 9.99. The third-order valence-electron chi connectivity index (χ3n) is 1.97. The highest BCUT2D eigenvalue weighted by molar-refractivity contribution is 5.36. The molecule has 66 valence electrons. The number of allylic oxidation sites excluding steroid dienone is 1. The normalized spacial score (nSPS) is 11.8. The molecular formula is C11H10FN. The Balaban J connectivity index is 3.20. The van der Waals surface area contributed by atoms with Crippen molar-refractivity contribution >= 4 is 0 Å². The molecule has 0 N–H and O–H groups in total. The maximum absolute atomic E-state index is 13.2. The average Bonchev–Trinajstić information content (AvgIpc) is 2.17. The minimum absolute atomic E-state index is 0.0618. The molecule has 1 unspecified atom stereocenters. The third-order valence-corrected chi connectivity index (χ3v) is 1.97. The monoisotopic (exact) mass is 175 g/mol. The number of hydrogen-bond donors (Lipinski definition) is 0. The molecular weight excluding hydrogens is 165 g/mol. The molecule has 0 fully saturated rings. The lowest BCUT2D eigenvalue weighted by Crippen LogP contribution is -1.94. The summed E-state index contributed by atoms with van der Waals surface area (Å²) < 4.78 is 13.2. The zero-order valence-corrected chi connectivity index (χ0v) is 7.42. The molecule has 1 nitrogen and oxygen atoms in total. The van der Waals surface area contributed by atoms with Gasteiger partial charge in [0.15, 0.2) is 0 Å². The van der Waals surface area contributed by atoms with Gasteiger partial charge in [-0.05, 0) is 23.8 Å². The first kappa shape index (κ1) is 9.47. The molecule has 13 heavy (non-hydrogen) atoms. The van der Waals surface area contributed by atoms with E-state index < -0.39 is 0 Å². The van der Waals surface area contributed by atoms with Crippen molar-refractivity contribution in [2.45, 2.75) is 12.8 Å². The minimum atomic E-state index is -0.286. The summed E-state index contributed by atoms with van der Waals surface area (Å²) in [6.45, 7) is 5.42. The van der Waals surface area contributed by atoms with E-state index in [4.69, 9.17) is 5.26 Å². The van der Waals surface area contributed by atoms with Crippen molar-refractivity contribution < 1.29 is 4.39 Å². The van der Waals surface area contributed by atoms with Gasteiger partial charge in [0.1, 0.15) is 5.82 Å². The van der Waals surface area contributed by atoms with E-state index in [9.17, 15) is 4.39 Å². The van der Waals surface area contributed by atoms with Crippen LogP contribution in [0.5, 0.6) is 0 Å². The van der Waals surface area contributed by atoms with E-state index in [1.165, 1.54) is 12.1 Å². The zero-order chi connectivity index (χ0) is 9.84. The van der Waals surface area contributed by atoms with Crippen molar-refractivity contribution in [1.82, 2.24) is 0 Å². The van der Waals surface area contributed by atoms with Crippen molar-refractivity contribution in [3.8, 4) is 6.07 Å². The molecule has 2 heteroatoms. The largest absolute Gasteiger partial charge is 0.207 e. The van der Waals surface area contributed by atoms with E-state index in [0.29, 0.717) is 11.1 Å². The number of rotatable bonds is 2. The van der Waals surface area contributed by atoms with Crippen LogP contribution in [0.25, 0.3) is 0 Å². The van der Waals surface area contributed by atoms with Gasteiger partial charge in [-0.2, -0.15) is 5.26 Å². The van der Waals surface area contributed by atoms with Gasteiger partial charge in [-0.1, -0.05) is 13.0 Å². The molecule has 1 aromatic rings. The molecule has 0 aromatic heterocycles.